The molecule has 2 bridgehead atoms. The highest BCUT2D eigenvalue weighted by Crippen LogP contribution is 2.27. The molecule has 4 aliphatic rings. The summed E-state index contributed by atoms with van der Waals surface area (Å²) < 4.78 is 1.03. The number of hydrogen-bond acceptors (Lipinski definition) is 2. The molecule has 0 unspecified atom stereocenters. The van der Waals surface area contributed by atoms with Crippen LogP contribution in [0.5, 0.6) is 0 Å². The lowest BCUT2D eigenvalue weighted by Crippen LogP contribution is -2.68. The highest BCUT2D eigenvalue weighted by atomic mass is 16.1. The van der Waals surface area contributed by atoms with Crippen LogP contribution < -0.4 is 0 Å². The molecule has 3 aliphatic heterocycles. The van der Waals surface area contributed by atoms with Gasteiger partial charge in [-0.3, -0.25) is 9.69 Å². The summed E-state index contributed by atoms with van der Waals surface area (Å²) in [7, 11) is 0. The molecule has 85 valence electrons. The first-order valence-electron chi connectivity index (χ1n) is 6.10. The van der Waals surface area contributed by atoms with Crippen LogP contribution in [0.1, 0.15) is 0 Å². The van der Waals surface area contributed by atoms with Gasteiger partial charge in [0.1, 0.15) is 6.54 Å². The van der Waals surface area contributed by atoms with Gasteiger partial charge in [0.25, 0.3) is 0 Å². The van der Waals surface area contributed by atoms with Crippen LogP contribution in [0.25, 0.3) is 0 Å². The number of carbonyl (C=O) groups excluding carboxylic acids is 1. The van der Waals surface area contributed by atoms with E-state index in [9.17, 15) is 4.79 Å². The highest BCUT2D eigenvalue weighted by Gasteiger charge is 2.41. The van der Waals surface area contributed by atoms with Gasteiger partial charge < -0.3 is 4.48 Å². The molecule has 3 nitrogen and oxygen atoms in total. The molecule has 0 spiro atoms. The lowest BCUT2D eigenvalue weighted by atomic mass is 10.00. The van der Waals surface area contributed by atoms with Crippen molar-refractivity contribution in [1.82, 2.24) is 4.90 Å². The number of carbonyl (C=O) groups is 1. The van der Waals surface area contributed by atoms with E-state index in [1.807, 2.05) is 25.7 Å². The average Bonchev–Trinajstić information content (AvgIpc) is 2.84. The van der Waals surface area contributed by atoms with Crippen molar-refractivity contribution in [3.8, 4) is 0 Å². The number of fused-ring (bicyclic) bond motifs is 3. The van der Waals surface area contributed by atoms with Gasteiger partial charge >= 0.3 is 0 Å². The van der Waals surface area contributed by atoms with Crippen molar-refractivity contribution in [1.29, 1.82) is 0 Å². The summed E-state index contributed by atoms with van der Waals surface area (Å²) >= 11 is 0. The van der Waals surface area contributed by atoms with Crippen molar-refractivity contribution in [2.75, 3.05) is 45.8 Å². The molecule has 0 aromatic rings. The molecule has 0 aromatic carbocycles. The normalized spacial score (nSPS) is 39.1. The molecule has 0 atom stereocenters. The molecule has 0 amide bonds. The second kappa shape index (κ2) is 4.11. The van der Waals surface area contributed by atoms with Gasteiger partial charge in [0.15, 0.2) is 5.78 Å². The van der Waals surface area contributed by atoms with Crippen molar-refractivity contribution >= 4 is 5.78 Å². The molecular formula is C13H18N2O+. The van der Waals surface area contributed by atoms with Crippen molar-refractivity contribution in [3.05, 3.63) is 31.6 Å². The van der Waals surface area contributed by atoms with E-state index in [1.165, 1.54) is 19.6 Å². The second-order valence-electron chi connectivity index (χ2n) is 5.11. The first kappa shape index (κ1) is 10.7. The summed E-state index contributed by atoms with van der Waals surface area (Å²) in [5, 5.41) is 0. The summed E-state index contributed by atoms with van der Waals surface area (Å²) in [6.07, 6.45) is 7.75. The molecule has 16 heavy (non-hydrogen) atoms. The van der Waals surface area contributed by atoms with Crippen molar-refractivity contribution in [2.45, 2.75) is 0 Å². The fourth-order valence-electron chi connectivity index (χ4n) is 2.92. The first-order valence-corrected chi connectivity index (χ1v) is 6.10. The maximum atomic E-state index is 12.1. The van der Waals surface area contributed by atoms with Gasteiger partial charge in [0.2, 0.25) is 0 Å². The zero-order valence-electron chi connectivity index (χ0n) is 9.56. The zero-order valence-corrected chi connectivity index (χ0v) is 9.56. The van der Waals surface area contributed by atoms with E-state index in [0.29, 0.717) is 12.3 Å². The second-order valence-corrected chi connectivity index (χ2v) is 5.11. The number of hydrogen-bond donors (Lipinski definition) is 0. The maximum Gasteiger partial charge on any atom is 0.194 e. The standard InChI is InChI=1S/C13H18N2O/c16-13(12-3-1-2-4-12)11-15-8-5-14(6-9-15)7-10-15/h1-4H,5-11H2/q+1. The zero-order chi connectivity index (χ0) is 11.0. The SMILES string of the molecule is O=C(C[N+]12CCN(CC1)CC2)[C]1[CH][CH][CH][CH]1. The lowest BCUT2D eigenvalue weighted by molar-refractivity contribution is -0.933. The Morgan fingerprint density at radius 1 is 1.12 bits per heavy atom. The number of rotatable bonds is 3. The Hall–Kier alpha value is -0.410. The monoisotopic (exact) mass is 218 g/mol. The van der Waals surface area contributed by atoms with Crippen molar-refractivity contribution in [2.24, 2.45) is 0 Å². The Bertz CT molecular complexity index is 262. The molecule has 0 aromatic heterocycles. The number of ketones is 1. The van der Waals surface area contributed by atoms with Gasteiger partial charge in [-0.15, -0.1) is 0 Å². The van der Waals surface area contributed by atoms with Crippen LogP contribution in [0.15, 0.2) is 0 Å². The van der Waals surface area contributed by atoms with Crippen molar-refractivity contribution < 1.29 is 9.28 Å². The molecule has 0 N–H and O–H groups in total. The highest BCUT2D eigenvalue weighted by molar-refractivity contribution is 5.98. The molecule has 3 saturated heterocycles. The Morgan fingerprint density at radius 2 is 1.69 bits per heavy atom. The van der Waals surface area contributed by atoms with Crippen molar-refractivity contribution in [3.63, 3.8) is 0 Å². The first-order chi connectivity index (χ1) is 7.77. The summed E-state index contributed by atoms with van der Waals surface area (Å²) in [6, 6.07) is 0. The molecule has 4 rings (SSSR count). The van der Waals surface area contributed by atoms with Crippen LogP contribution in [0.4, 0.5) is 0 Å². The predicted molar refractivity (Wildman–Crippen MR) is 61.6 cm³/mol. The maximum absolute atomic E-state index is 12.1. The van der Waals surface area contributed by atoms with Crippen LogP contribution in [0, 0.1) is 31.6 Å². The van der Waals surface area contributed by atoms with Gasteiger partial charge in [-0.1, -0.05) is 0 Å². The van der Waals surface area contributed by atoms with E-state index in [0.717, 1.165) is 30.0 Å². The number of Topliss-reactive ketones (excluding diaryl/α,β-unsaturated/α-hetero) is 1. The van der Waals surface area contributed by atoms with Crippen LogP contribution >= 0.6 is 0 Å². The third kappa shape index (κ3) is 1.91. The van der Waals surface area contributed by atoms with E-state index in [2.05, 4.69) is 4.90 Å². The number of piperazine rings is 3. The third-order valence-electron chi connectivity index (χ3n) is 4.14. The largest absolute Gasteiger partial charge is 0.314 e. The minimum atomic E-state index is 0.320. The van der Waals surface area contributed by atoms with Gasteiger partial charge in [-0.05, 0) is 25.7 Å². The lowest BCUT2D eigenvalue weighted by Gasteiger charge is -2.50. The van der Waals surface area contributed by atoms with E-state index in [4.69, 9.17) is 0 Å². The van der Waals surface area contributed by atoms with Crippen LogP contribution in [-0.2, 0) is 4.79 Å². The smallest absolute Gasteiger partial charge is 0.194 e. The van der Waals surface area contributed by atoms with Gasteiger partial charge in [-0.25, -0.2) is 0 Å². The van der Waals surface area contributed by atoms with E-state index in [-0.39, 0.29) is 0 Å². The fraction of sp³-hybridized carbons (Fsp3) is 0.538. The van der Waals surface area contributed by atoms with Crippen LogP contribution in [-0.4, -0.2) is 61.0 Å². The minimum absolute atomic E-state index is 0.320. The van der Waals surface area contributed by atoms with Gasteiger partial charge in [0, 0.05) is 19.6 Å². The fourth-order valence-corrected chi connectivity index (χ4v) is 2.92. The third-order valence-corrected chi connectivity index (χ3v) is 4.14. The summed E-state index contributed by atoms with van der Waals surface area (Å²) in [5.74, 6) is 1.21. The summed E-state index contributed by atoms with van der Waals surface area (Å²) in [6.45, 7) is 7.71. The molecule has 3 heteroatoms. The summed E-state index contributed by atoms with van der Waals surface area (Å²) in [4.78, 5) is 14.6. The Balaban J connectivity index is 1.62. The quantitative estimate of drug-likeness (QED) is 0.627. The molecule has 1 aliphatic carbocycles. The van der Waals surface area contributed by atoms with Gasteiger partial charge in [0.05, 0.1) is 25.6 Å². The predicted octanol–water partition coefficient (Wildman–Crippen LogP) is 0.107. The Kier molecular flexibility index (Phi) is 2.76. The Labute approximate surface area is 98.0 Å². The molecular weight excluding hydrogens is 200 g/mol. The molecule has 1 saturated carbocycles. The van der Waals surface area contributed by atoms with E-state index >= 15 is 0 Å². The molecule has 3 heterocycles. The minimum Gasteiger partial charge on any atom is -0.314 e. The van der Waals surface area contributed by atoms with E-state index < -0.39 is 0 Å². The van der Waals surface area contributed by atoms with Gasteiger partial charge in [-0.2, -0.15) is 0 Å². The summed E-state index contributed by atoms with van der Waals surface area (Å²) in [5.41, 5.74) is 0. The van der Waals surface area contributed by atoms with Crippen LogP contribution in [0.2, 0.25) is 0 Å². The molecule has 4 fully saturated rings. The Morgan fingerprint density at radius 3 is 2.25 bits per heavy atom. The van der Waals surface area contributed by atoms with Crippen LogP contribution in [0.3, 0.4) is 0 Å². The number of nitrogens with zero attached hydrogens (tertiary/aromatic N) is 2. The topological polar surface area (TPSA) is 20.3 Å². The van der Waals surface area contributed by atoms with E-state index in [1.54, 1.807) is 0 Å². The average molecular weight is 218 g/mol. The number of quaternary nitrogens is 1. The molecule has 5 radical (unpaired) electrons.